The highest BCUT2D eigenvalue weighted by molar-refractivity contribution is 7.92. The molecule has 0 saturated heterocycles. The van der Waals surface area contributed by atoms with Crippen LogP contribution in [0, 0.1) is 17.8 Å². The van der Waals surface area contributed by atoms with E-state index in [1.807, 2.05) is 24.3 Å². The summed E-state index contributed by atoms with van der Waals surface area (Å²) in [7, 11) is -2.07. The molecule has 0 unspecified atom stereocenters. The first kappa shape index (κ1) is 22.3. The molecule has 0 radical (unpaired) electrons. The number of nitrogens with zero attached hydrogens (tertiary/aromatic N) is 1. The fourth-order valence-corrected chi connectivity index (χ4v) is 4.35. The molecule has 2 aliphatic rings. The van der Waals surface area contributed by atoms with E-state index in [1.165, 1.54) is 12.4 Å². The SMILES string of the molecule is COC1CC(C#Cc2ccc(C3=NO[C@@H](C[C@](C)(C(=O)NO)S(C)(=O)=O)C3)cc2)C1. The number of amides is 1. The Labute approximate surface area is 176 Å². The molecule has 1 aliphatic carbocycles. The summed E-state index contributed by atoms with van der Waals surface area (Å²) >= 11 is 0. The van der Waals surface area contributed by atoms with E-state index < -0.39 is 26.6 Å². The van der Waals surface area contributed by atoms with Gasteiger partial charge in [-0.2, -0.15) is 0 Å². The minimum absolute atomic E-state index is 0.126. The second-order valence-corrected chi connectivity index (χ2v) is 10.4. The molecule has 0 bridgehead atoms. The smallest absolute Gasteiger partial charge is 0.264 e. The number of hydrogen-bond acceptors (Lipinski definition) is 7. The number of carbonyl (C=O) groups excluding carboxylic acids is 1. The molecule has 1 aromatic rings. The molecule has 1 heterocycles. The molecular weight excluding hydrogens is 408 g/mol. The molecular formula is C21H26N2O6S. The maximum absolute atomic E-state index is 12.1. The molecule has 3 rings (SSSR count). The van der Waals surface area contributed by atoms with Crippen LogP contribution in [0.2, 0.25) is 0 Å². The lowest BCUT2D eigenvalue weighted by Crippen LogP contribution is -2.51. The summed E-state index contributed by atoms with van der Waals surface area (Å²) in [6.45, 7) is 1.26. The molecule has 162 valence electrons. The Hall–Kier alpha value is -2.41. The minimum Gasteiger partial charge on any atom is -0.392 e. The predicted octanol–water partition coefficient (Wildman–Crippen LogP) is 1.65. The van der Waals surface area contributed by atoms with Gasteiger partial charge in [0.2, 0.25) is 0 Å². The van der Waals surface area contributed by atoms with Crippen LogP contribution in [0.5, 0.6) is 0 Å². The van der Waals surface area contributed by atoms with E-state index in [-0.39, 0.29) is 6.42 Å². The molecule has 30 heavy (non-hydrogen) atoms. The number of hydroxylamine groups is 1. The van der Waals surface area contributed by atoms with Crippen LogP contribution in [0.15, 0.2) is 29.4 Å². The lowest BCUT2D eigenvalue weighted by Gasteiger charge is -2.30. The van der Waals surface area contributed by atoms with Gasteiger partial charge in [-0.1, -0.05) is 29.1 Å². The van der Waals surface area contributed by atoms with E-state index in [2.05, 4.69) is 17.0 Å². The Morgan fingerprint density at radius 1 is 1.37 bits per heavy atom. The van der Waals surface area contributed by atoms with Gasteiger partial charge in [-0.3, -0.25) is 10.0 Å². The van der Waals surface area contributed by atoms with E-state index >= 15 is 0 Å². The molecule has 9 heteroatoms. The van der Waals surface area contributed by atoms with E-state index in [4.69, 9.17) is 14.8 Å². The Kier molecular flexibility index (Phi) is 6.50. The molecule has 0 spiro atoms. The van der Waals surface area contributed by atoms with Gasteiger partial charge in [-0.15, -0.1) is 0 Å². The molecule has 0 aromatic heterocycles. The molecule has 1 aliphatic heterocycles. The van der Waals surface area contributed by atoms with E-state index in [9.17, 15) is 13.2 Å². The van der Waals surface area contributed by atoms with Crippen molar-refractivity contribution in [2.45, 2.75) is 49.6 Å². The van der Waals surface area contributed by atoms with Gasteiger partial charge >= 0.3 is 0 Å². The zero-order valence-electron chi connectivity index (χ0n) is 17.2. The van der Waals surface area contributed by atoms with Gasteiger partial charge in [-0.05, 0) is 37.5 Å². The molecule has 1 saturated carbocycles. The van der Waals surface area contributed by atoms with Crippen molar-refractivity contribution in [3.8, 4) is 11.8 Å². The van der Waals surface area contributed by atoms with Crippen LogP contribution in [-0.2, 0) is 24.2 Å². The second-order valence-electron chi connectivity index (χ2n) is 7.99. The first-order valence-corrected chi connectivity index (χ1v) is 11.6. The van der Waals surface area contributed by atoms with Crippen LogP contribution >= 0.6 is 0 Å². The molecule has 8 nitrogen and oxygen atoms in total. The summed E-state index contributed by atoms with van der Waals surface area (Å²) in [5.74, 6) is 5.81. The largest absolute Gasteiger partial charge is 0.392 e. The minimum atomic E-state index is -3.79. The van der Waals surface area contributed by atoms with Gasteiger partial charge in [0.15, 0.2) is 14.6 Å². The average molecular weight is 435 g/mol. The van der Waals surface area contributed by atoms with Crippen LogP contribution in [0.1, 0.15) is 43.7 Å². The molecule has 2 atom stereocenters. The summed E-state index contributed by atoms with van der Waals surface area (Å²) in [4.78, 5) is 17.4. The maximum atomic E-state index is 12.1. The standard InChI is InChI=1S/C21H26N2O6S/c1-21(20(24)22-25,30(3,26)27)13-18-12-19(23-29-18)16-8-6-14(7-9-16)4-5-15-10-17(11-15)28-2/h6-9,15,17-18,25H,10-13H2,1-3H3,(H,22,24)/t15?,17?,18-,21-/m1/s1. The Balaban J connectivity index is 1.61. The lowest BCUT2D eigenvalue weighted by atomic mass is 9.83. The highest BCUT2D eigenvalue weighted by Crippen LogP contribution is 2.30. The summed E-state index contributed by atoms with van der Waals surface area (Å²) < 4.78 is 27.7. The molecule has 1 fully saturated rings. The first-order valence-electron chi connectivity index (χ1n) is 9.68. The van der Waals surface area contributed by atoms with Crippen molar-refractivity contribution in [3.63, 3.8) is 0 Å². The Bertz CT molecular complexity index is 987. The van der Waals surface area contributed by atoms with Gasteiger partial charge in [0.25, 0.3) is 5.91 Å². The van der Waals surface area contributed by atoms with Crippen LogP contribution < -0.4 is 5.48 Å². The van der Waals surface area contributed by atoms with Crippen molar-refractivity contribution in [2.75, 3.05) is 13.4 Å². The number of nitrogens with one attached hydrogen (secondary N) is 1. The summed E-state index contributed by atoms with van der Waals surface area (Å²) in [5, 5.41) is 13.0. The topological polar surface area (TPSA) is 114 Å². The maximum Gasteiger partial charge on any atom is 0.264 e. The van der Waals surface area contributed by atoms with Gasteiger partial charge in [0, 0.05) is 37.7 Å². The molecule has 2 N–H and O–H groups in total. The Morgan fingerprint density at radius 2 is 2.03 bits per heavy atom. The van der Waals surface area contributed by atoms with E-state index in [0.717, 1.165) is 30.2 Å². The molecule has 1 aromatic carbocycles. The van der Waals surface area contributed by atoms with Crippen LogP contribution in [-0.4, -0.2) is 55.6 Å². The average Bonchev–Trinajstić information content (AvgIpc) is 3.14. The number of sulfone groups is 1. The van der Waals surface area contributed by atoms with Gasteiger partial charge in [0.1, 0.15) is 6.10 Å². The molecule has 1 amide bonds. The van der Waals surface area contributed by atoms with Gasteiger partial charge in [0.05, 0.1) is 11.8 Å². The number of benzene rings is 1. The number of methoxy groups -OCH3 is 1. The fraction of sp³-hybridized carbons (Fsp3) is 0.524. The number of oxime groups is 1. The third-order valence-corrected chi connectivity index (χ3v) is 7.81. The van der Waals surface area contributed by atoms with Crippen molar-refractivity contribution in [1.29, 1.82) is 0 Å². The third-order valence-electron chi connectivity index (χ3n) is 5.82. The quantitative estimate of drug-likeness (QED) is 0.400. The van der Waals surface area contributed by atoms with Crippen molar-refractivity contribution in [2.24, 2.45) is 11.1 Å². The number of hydrogen-bond donors (Lipinski definition) is 2. The third kappa shape index (κ3) is 4.67. The summed E-state index contributed by atoms with van der Waals surface area (Å²) in [6, 6.07) is 7.60. The summed E-state index contributed by atoms with van der Waals surface area (Å²) in [5.41, 5.74) is 3.86. The summed E-state index contributed by atoms with van der Waals surface area (Å²) in [6.07, 6.45) is 2.86. The zero-order chi connectivity index (χ0) is 21.9. The second kappa shape index (κ2) is 8.76. The zero-order valence-corrected chi connectivity index (χ0v) is 18.0. The Morgan fingerprint density at radius 3 is 2.60 bits per heavy atom. The van der Waals surface area contributed by atoms with Gasteiger partial charge < -0.3 is 9.57 Å². The fourth-order valence-electron chi connectivity index (χ4n) is 3.48. The van der Waals surface area contributed by atoms with Crippen molar-refractivity contribution in [1.82, 2.24) is 5.48 Å². The van der Waals surface area contributed by atoms with Crippen molar-refractivity contribution >= 4 is 21.5 Å². The van der Waals surface area contributed by atoms with Crippen LogP contribution in [0.25, 0.3) is 0 Å². The van der Waals surface area contributed by atoms with Gasteiger partial charge in [-0.25, -0.2) is 13.9 Å². The van der Waals surface area contributed by atoms with E-state index in [1.54, 1.807) is 7.11 Å². The van der Waals surface area contributed by atoms with E-state index in [0.29, 0.717) is 24.2 Å². The normalized spacial score (nSPS) is 25.1. The number of carbonyl (C=O) groups is 1. The predicted molar refractivity (Wildman–Crippen MR) is 111 cm³/mol. The monoisotopic (exact) mass is 434 g/mol. The first-order chi connectivity index (χ1) is 14.2. The lowest BCUT2D eigenvalue weighted by molar-refractivity contribution is -0.132. The van der Waals surface area contributed by atoms with Crippen molar-refractivity contribution < 1.29 is 28.0 Å². The highest BCUT2D eigenvalue weighted by atomic mass is 32.2. The number of ether oxygens (including phenoxy) is 1. The number of rotatable bonds is 6. The highest BCUT2D eigenvalue weighted by Gasteiger charge is 2.47. The van der Waals surface area contributed by atoms with Crippen LogP contribution in [0.3, 0.4) is 0 Å². The van der Waals surface area contributed by atoms with Crippen LogP contribution in [0.4, 0.5) is 0 Å². The van der Waals surface area contributed by atoms with Crippen molar-refractivity contribution in [3.05, 3.63) is 35.4 Å².